The molecule has 1 aliphatic carbocycles. The average molecular weight is 310 g/mol. The van der Waals surface area contributed by atoms with Gasteiger partial charge in [-0.05, 0) is 55.5 Å². The zero-order valence-electron chi connectivity index (χ0n) is 13.3. The van der Waals surface area contributed by atoms with E-state index in [1.54, 1.807) is 6.26 Å². The van der Waals surface area contributed by atoms with Crippen LogP contribution in [0.25, 0.3) is 11.0 Å². The van der Waals surface area contributed by atoms with Gasteiger partial charge in [0.25, 0.3) is 0 Å². The highest BCUT2D eigenvalue weighted by molar-refractivity contribution is 5.88. The average Bonchev–Trinajstić information content (AvgIpc) is 3.19. The first-order chi connectivity index (χ1) is 11.3. The highest BCUT2D eigenvalue weighted by atomic mass is 16.3. The molecule has 0 fully saturated rings. The molecule has 1 aromatic carbocycles. The number of hydrogen-bond acceptors (Lipinski definition) is 3. The Bertz CT molecular complexity index is 773. The third-order valence-corrected chi connectivity index (χ3v) is 4.89. The summed E-state index contributed by atoms with van der Waals surface area (Å²) in [6.07, 6.45) is 8.82. The second-order valence-electron chi connectivity index (χ2n) is 6.50. The normalized spacial score (nSPS) is 17.1. The first-order valence-electron chi connectivity index (χ1n) is 8.47. The topological polar surface area (TPSA) is 54.3 Å². The van der Waals surface area contributed by atoms with Gasteiger partial charge in [-0.15, -0.1) is 0 Å². The molecule has 0 unspecified atom stereocenters. The molecule has 23 heavy (non-hydrogen) atoms. The number of benzene rings is 1. The zero-order valence-corrected chi connectivity index (χ0v) is 13.3. The molecule has 2 N–H and O–H groups in total. The summed E-state index contributed by atoms with van der Waals surface area (Å²) in [4.78, 5) is 12.2. The minimum Gasteiger partial charge on any atom is -0.464 e. The van der Waals surface area contributed by atoms with Crippen LogP contribution in [0.4, 0.5) is 0 Å². The van der Waals surface area contributed by atoms with Crippen molar-refractivity contribution in [2.75, 3.05) is 19.6 Å². The van der Waals surface area contributed by atoms with Gasteiger partial charge in [-0.2, -0.15) is 0 Å². The molecule has 120 valence electrons. The molecule has 2 heterocycles. The first kappa shape index (κ1) is 14.5. The number of rotatable bonds is 4. The Labute approximate surface area is 135 Å². The van der Waals surface area contributed by atoms with Gasteiger partial charge in [0.15, 0.2) is 0 Å². The minimum atomic E-state index is 0.0626. The van der Waals surface area contributed by atoms with Crippen LogP contribution in [0.5, 0.6) is 0 Å². The summed E-state index contributed by atoms with van der Waals surface area (Å²) in [6.45, 7) is 2.56. The van der Waals surface area contributed by atoms with E-state index in [-0.39, 0.29) is 5.91 Å². The number of nitrogens with one attached hydrogen (secondary N) is 2. The third kappa shape index (κ3) is 3.04. The molecule has 4 nitrogen and oxygen atoms in total. The van der Waals surface area contributed by atoms with Crippen LogP contribution in [-0.2, 0) is 24.1 Å². The maximum absolute atomic E-state index is 12.2. The van der Waals surface area contributed by atoms with Crippen LogP contribution >= 0.6 is 0 Å². The molecule has 0 spiro atoms. The van der Waals surface area contributed by atoms with Crippen LogP contribution in [0.15, 0.2) is 34.5 Å². The van der Waals surface area contributed by atoms with E-state index in [4.69, 9.17) is 4.42 Å². The summed E-state index contributed by atoms with van der Waals surface area (Å²) in [5.74, 6) is 0.0626. The molecule has 0 atom stereocenters. The second-order valence-corrected chi connectivity index (χ2v) is 6.50. The SMILES string of the molecule is O=C(Cc1coc2cc3c(cc12)CCC3)NCC1=CCNCC1. The van der Waals surface area contributed by atoms with Gasteiger partial charge < -0.3 is 15.1 Å². The Hall–Kier alpha value is -2.07. The Morgan fingerprint density at radius 1 is 1.22 bits per heavy atom. The van der Waals surface area contributed by atoms with Crippen molar-refractivity contribution in [1.29, 1.82) is 0 Å². The van der Waals surface area contributed by atoms with Gasteiger partial charge in [-0.1, -0.05) is 11.6 Å². The number of carbonyl (C=O) groups is 1. The van der Waals surface area contributed by atoms with E-state index in [0.717, 1.165) is 48.9 Å². The van der Waals surface area contributed by atoms with Crippen LogP contribution in [0.1, 0.15) is 29.5 Å². The van der Waals surface area contributed by atoms with Crippen molar-refractivity contribution in [3.8, 4) is 0 Å². The van der Waals surface area contributed by atoms with E-state index in [1.807, 2.05) is 0 Å². The number of carbonyl (C=O) groups excluding carboxylic acids is 1. The number of amides is 1. The van der Waals surface area contributed by atoms with Crippen molar-refractivity contribution in [1.82, 2.24) is 10.6 Å². The molecule has 2 aromatic rings. The summed E-state index contributed by atoms with van der Waals surface area (Å²) in [6, 6.07) is 4.37. The number of fused-ring (bicyclic) bond motifs is 2. The van der Waals surface area contributed by atoms with Gasteiger partial charge in [0.2, 0.25) is 5.91 Å². The van der Waals surface area contributed by atoms with Crippen molar-refractivity contribution in [2.45, 2.75) is 32.1 Å². The molecule has 0 bridgehead atoms. The molecular formula is C19H22N2O2. The van der Waals surface area contributed by atoms with Gasteiger partial charge in [-0.3, -0.25) is 4.79 Å². The number of hydrogen-bond donors (Lipinski definition) is 2. The maximum Gasteiger partial charge on any atom is 0.224 e. The molecule has 1 aliphatic heterocycles. The van der Waals surface area contributed by atoms with Crippen LogP contribution in [-0.4, -0.2) is 25.5 Å². The summed E-state index contributed by atoms with van der Waals surface area (Å²) in [5.41, 5.74) is 6.04. The lowest BCUT2D eigenvalue weighted by molar-refractivity contribution is -0.120. The Balaban J connectivity index is 1.45. The van der Waals surface area contributed by atoms with Crippen molar-refractivity contribution < 1.29 is 9.21 Å². The van der Waals surface area contributed by atoms with Gasteiger partial charge in [-0.25, -0.2) is 0 Å². The lowest BCUT2D eigenvalue weighted by atomic mass is 10.0. The lowest BCUT2D eigenvalue weighted by Crippen LogP contribution is -2.30. The largest absolute Gasteiger partial charge is 0.464 e. The molecule has 4 rings (SSSR count). The third-order valence-electron chi connectivity index (χ3n) is 4.89. The van der Waals surface area contributed by atoms with Crippen molar-refractivity contribution >= 4 is 16.9 Å². The monoisotopic (exact) mass is 310 g/mol. The smallest absolute Gasteiger partial charge is 0.224 e. The first-order valence-corrected chi connectivity index (χ1v) is 8.47. The Morgan fingerprint density at radius 2 is 2.09 bits per heavy atom. The fourth-order valence-corrected chi connectivity index (χ4v) is 3.56. The summed E-state index contributed by atoms with van der Waals surface area (Å²) in [5, 5.41) is 7.41. The summed E-state index contributed by atoms with van der Waals surface area (Å²) in [7, 11) is 0. The maximum atomic E-state index is 12.2. The van der Waals surface area contributed by atoms with Crippen LogP contribution in [0, 0.1) is 0 Å². The highest BCUT2D eigenvalue weighted by Gasteiger charge is 2.16. The second kappa shape index (κ2) is 6.20. The molecule has 4 heteroatoms. The molecule has 0 radical (unpaired) electrons. The minimum absolute atomic E-state index is 0.0626. The predicted molar refractivity (Wildman–Crippen MR) is 90.5 cm³/mol. The van der Waals surface area contributed by atoms with Gasteiger partial charge in [0.05, 0.1) is 12.7 Å². The van der Waals surface area contributed by atoms with Gasteiger partial charge in [0, 0.05) is 24.0 Å². The van der Waals surface area contributed by atoms with Crippen molar-refractivity contribution in [3.63, 3.8) is 0 Å². The zero-order chi connectivity index (χ0) is 15.6. The Kier molecular flexibility index (Phi) is 3.92. The van der Waals surface area contributed by atoms with Gasteiger partial charge in [0.1, 0.15) is 5.58 Å². The Morgan fingerprint density at radius 3 is 2.91 bits per heavy atom. The number of furan rings is 1. The van der Waals surface area contributed by atoms with Crippen LogP contribution in [0.3, 0.4) is 0 Å². The van der Waals surface area contributed by atoms with Crippen LogP contribution < -0.4 is 10.6 Å². The summed E-state index contributed by atoms with van der Waals surface area (Å²) < 4.78 is 5.67. The summed E-state index contributed by atoms with van der Waals surface area (Å²) >= 11 is 0. The van der Waals surface area contributed by atoms with E-state index >= 15 is 0 Å². The van der Waals surface area contributed by atoms with E-state index in [1.165, 1.54) is 23.1 Å². The highest BCUT2D eigenvalue weighted by Crippen LogP contribution is 2.30. The van der Waals surface area contributed by atoms with Gasteiger partial charge >= 0.3 is 0 Å². The fraction of sp³-hybridized carbons (Fsp3) is 0.421. The van der Waals surface area contributed by atoms with Crippen LogP contribution in [0.2, 0.25) is 0 Å². The van der Waals surface area contributed by atoms with E-state index in [0.29, 0.717) is 13.0 Å². The molecule has 1 aromatic heterocycles. The van der Waals surface area contributed by atoms with E-state index in [2.05, 4.69) is 28.8 Å². The molecule has 0 saturated carbocycles. The molecular weight excluding hydrogens is 288 g/mol. The quantitative estimate of drug-likeness (QED) is 0.853. The fourth-order valence-electron chi connectivity index (χ4n) is 3.56. The molecule has 1 amide bonds. The van der Waals surface area contributed by atoms with E-state index in [9.17, 15) is 4.79 Å². The number of aryl methyl sites for hydroxylation is 2. The predicted octanol–water partition coefficient (Wildman–Crippen LogP) is 2.50. The lowest BCUT2D eigenvalue weighted by Gasteiger charge is -2.14. The molecule has 0 saturated heterocycles. The molecule has 2 aliphatic rings. The van der Waals surface area contributed by atoms with E-state index < -0.39 is 0 Å². The van der Waals surface area contributed by atoms with Crippen molar-refractivity contribution in [3.05, 3.63) is 46.7 Å². The standard InChI is InChI=1S/C19H22N2O2/c22-19(21-11-13-4-6-20-7-5-13)10-16-12-23-18-9-15-3-1-2-14(15)8-17(16)18/h4,8-9,12,20H,1-3,5-7,10-11H2,(H,21,22). The van der Waals surface area contributed by atoms with Crippen molar-refractivity contribution in [2.24, 2.45) is 0 Å².